The van der Waals surface area contributed by atoms with Crippen molar-refractivity contribution in [1.82, 2.24) is 9.47 Å². The van der Waals surface area contributed by atoms with Crippen LogP contribution in [0.25, 0.3) is 12.4 Å². The predicted molar refractivity (Wildman–Crippen MR) is 75.9 cm³/mol. The fraction of sp³-hybridized carbons (Fsp3) is 0.333. The Balaban J connectivity index is 1.95. The molecule has 1 aromatic rings. The van der Waals surface area contributed by atoms with Gasteiger partial charge in [-0.2, -0.15) is 0 Å². The van der Waals surface area contributed by atoms with Crippen LogP contribution in [0.2, 0.25) is 0 Å². The van der Waals surface area contributed by atoms with Gasteiger partial charge in [-0.25, -0.2) is 9.79 Å². The van der Waals surface area contributed by atoms with Crippen LogP contribution in [0.4, 0.5) is 4.79 Å². The molecule has 0 N–H and O–H groups in total. The van der Waals surface area contributed by atoms with Crippen LogP contribution in [-0.4, -0.2) is 21.2 Å². The molecule has 0 fully saturated rings. The Bertz CT molecular complexity index is 732. The number of hydrogen-bond acceptors (Lipinski definition) is 3. The fourth-order valence-corrected chi connectivity index (χ4v) is 2.20. The van der Waals surface area contributed by atoms with E-state index in [9.17, 15) is 4.79 Å². The highest BCUT2D eigenvalue weighted by Gasteiger charge is 2.21. The minimum Gasteiger partial charge on any atom is -0.443 e. The molecule has 0 aromatic carbocycles. The van der Waals surface area contributed by atoms with Crippen molar-refractivity contribution in [3.8, 4) is 0 Å². The minimum atomic E-state index is -0.503. The van der Waals surface area contributed by atoms with Gasteiger partial charge in [-0.3, -0.25) is 9.47 Å². The highest BCUT2D eigenvalue weighted by Crippen LogP contribution is 2.12. The Morgan fingerprint density at radius 1 is 1.35 bits per heavy atom. The SMILES string of the molecule is CC(C)(C)OC(=O)N1C=Cn2c(cc3c2=NC=CC3)=C1. The summed E-state index contributed by atoms with van der Waals surface area (Å²) in [5.41, 5.74) is 1.59. The molecule has 0 saturated heterocycles. The molecule has 1 aromatic heterocycles. The molecule has 20 heavy (non-hydrogen) atoms. The Kier molecular flexibility index (Phi) is 2.78. The summed E-state index contributed by atoms with van der Waals surface area (Å²) < 4.78 is 7.33. The largest absolute Gasteiger partial charge is 0.443 e. The van der Waals surface area contributed by atoms with E-state index >= 15 is 0 Å². The van der Waals surface area contributed by atoms with E-state index in [4.69, 9.17) is 4.74 Å². The average molecular weight is 271 g/mol. The predicted octanol–water partition coefficient (Wildman–Crippen LogP) is 1.59. The van der Waals surface area contributed by atoms with Gasteiger partial charge in [0.1, 0.15) is 11.1 Å². The number of rotatable bonds is 0. The maximum absolute atomic E-state index is 12.0. The summed E-state index contributed by atoms with van der Waals surface area (Å²) in [5, 5.41) is 0.927. The molecule has 3 rings (SSSR count). The molecule has 1 amide bonds. The van der Waals surface area contributed by atoms with E-state index in [0.29, 0.717) is 0 Å². The molecule has 0 atom stereocenters. The van der Waals surface area contributed by atoms with Crippen molar-refractivity contribution in [3.05, 3.63) is 40.9 Å². The molecular formula is C15H17N3O2. The fourth-order valence-electron chi connectivity index (χ4n) is 2.20. The van der Waals surface area contributed by atoms with Crippen molar-refractivity contribution in [2.75, 3.05) is 0 Å². The molecule has 0 radical (unpaired) electrons. The number of amides is 1. The van der Waals surface area contributed by atoms with Gasteiger partial charge < -0.3 is 4.74 Å². The van der Waals surface area contributed by atoms with Crippen LogP contribution >= 0.6 is 0 Å². The van der Waals surface area contributed by atoms with E-state index in [1.807, 2.05) is 49.9 Å². The maximum atomic E-state index is 12.0. The van der Waals surface area contributed by atoms with Gasteiger partial charge in [0.25, 0.3) is 0 Å². The quantitative estimate of drug-likeness (QED) is 0.719. The number of hydrogen-bond donors (Lipinski definition) is 0. The molecule has 0 spiro atoms. The maximum Gasteiger partial charge on any atom is 0.418 e. The Morgan fingerprint density at radius 3 is 2.90 bits per heavy atom. The number of fused-ring (bicyclic) bond motifs is 3. The average Bonchev–Trinajstić information content (AvgIpc) is 2.74. The lowest BCUT2D eigenvalue weighted by atomic mass is 10.2. The first-order valence-electron chi connectivity index (χ1n) is 6.58. The molecule has 0 aliphatic carbocycles. The molecule has 5 nitrogen and oxygen atoms in total. The van der Waals surface area contributed by atoms with Gasteiger partial charge >= 0.3 is 6.09 Å². The van der Waals surface area contributed by atoms with Crippen molar-refractivity contribution in [2.24, 2.45) is 4.99 Å². The van der Waals surface area contributed by atoms with Crippen LogP contribution in [0.5, 0.6) is 0 Å². The zero-order chi connectivity index (χ0) is 14.3. The third kappa shape index (κ3) is 2.27. The molecule has 5 heteroatoms. The smallest absolute Gasteiger partial charge is 0.418 e. The zero-order valence-corrected chi connectivity index (χ0v) is 11.8. The molecule has 0 saturated carbocycles. The standard InChI is InChI=1S/C15H17N3O2/c1-15(2,3)20-14(19)17-7-8-18-12(10-17)9-11-5-4-6-16-13(11)18/h4,6-10H,5H2,1-3H3. The third-order valence-electron chi connectivity index (χ3n) is 3.01. The van der Waals surface area contributed by atoms with Gasteiger partial charge in [0.2, 0.25) is 0 Å². The van der Waals surface area contributed by atoms with E-state index in [1.165, 1.54) is 4.90 Å². The second kappa shape index (κ2) is 4.37. The summed E-state index contributed by atoms with van der Waals surface area (Å²) in [4.78, 5) is 17.9. The van der Waals surface area contributed by atoms with E-state index < -0.39 is 5.60 Å². The lowest BCUT2D eigenvalue weighted by molar-refractivity contribution is 0.0419. The van der Waals surface area contributed by atoms with Gasteiger partial charge in [0.15, 0.2) is 0 Å². The van der Waals surface area contributed by atoms with Gasteiger partial charge in [-0.05, 0) is 33.3 Å². The summed E-state index contributed by atoms with van der Waals surface area (Å²) in [6.45, 7) is 5.56. The molecule has 0 bridgehead atoms. The number of carbonyl (C=O) groups excluding carboxylic acids is 1. The van der Waals surface area contributed by atoms with Crippen LogP contribution in [-0.2, 0) is 11.2 Å². The molecule has 2 aliphatic rings. The normalized spacial score (nSPS) is 16.1. The Hall–Kier alpha value is -2.30. The summed E-state index contributed by atoms with van der Waals surface area (Å²) in [5.74, 6) is 0. The van der Waals surface area contributed by atoms with Crippen LogP contribution in [0.15, 0.2) is 29.5 Å². The van der Waals surface area contributed by atoms with Crippen molar-refractivity contribution in [2.45, 2.75) is 32.8 Å². The first kappa shape index (κ1) is 12.7. The van der Waals surface area contributed by atoms with E-state index in [0.717, 1.165) is 22.8 Å². The number of nitrogens with zero attached hydrogens (tertiary/aromatic N) is 3. The second-order valence-corrected chi connectivity index (χ2v) is 5.82. The molecule has 2 aliphatic heterocycles. The van der Waals surface area contributed by atoms with E-state index in [-0.39, 0.29) is 6.09 Å². The Labute approximate surface area is 117 Å². The molecule has 3 heterocycles. The first-order valence-corrected chi connectivity index (χ1v) is 6.58. The van der Waals surface area contributed by atoms with Gasteiger partial charge in [-0.15, -0.1) is 0 Å². The van der Waals surface area contributed by atoms with Crippen molar-refractivity contribution >= 4 is 18.5 Å². The summed E-state index contributed by atoms with van der Waals surface area (Å²) in [6.07, 6.45) is 9.60. The van der Waals surface area contributed by atoms with Gasteiger partial charge in [-0.1, -0.05) is 6.08 Å². The number of allylic oxidation sites excluding steroid dienone is 1. The van der Waals surface area contributed by atoms with Crippen molar-refractivity contribution in [1.29, 1.82) is 0 Å². The van der Waals surface area contributed by atoms with Gasteiger partial charge in [0, 0.05) is 30.4 Å². The van der Waals surface area contributed by atoms with E-state index in [2.05, 4.69) is 4.99 Å². The van der Waals surface area contributed by atoms with Crippen LogP contribution < -0.4 is 10.8 Å². The lowest BCUT2D eigenvalue weighted by Gasteiger charge is -2.24. The Morgan fingerprint density at radius 2 is 2.15 bits per heavy atom. The molecular weight excluding hydrogens is 254 g/mol. The van der Waals surface area contributed by atoms with Crippen LogP contribution in [0, 0.1) is 0 Å². The first-order chi connectivity index (χ1) is 9.44. The van der Waals surface area contributed by atoms with E-state index in [1.54, 1.807) is 12.4 Å². The van der Waals surface area contributed by atoms with Crippen molar-refractivity contribution < 1.29 is 9.53 Å². The number of carbonyl (C=O) groups is 1. The monoisotopic (exact) mass is 271 g/mol. The van der Waals surface area contributed by atoms with Crippen LogP contribution in [0.1, 0.15) is 26.3 Å². The number of ether oxygens (including phenoxy) is 1. The van der Waals surface area contributed by atoms with Crippen LogP contribution in [0.3, 0.4) is 0 Å². The molecule has 104 valence electrons. The minimum absolute atomic E-state index is 0.380. The van der Waals surface area contributed by atoms with Crippen molar-refractivity contribution in [3.63, 3.8) is 0 Å². The lowest BCUT2D eigenvalue weighted by Crippen LogP contribution is -2.35. The summed E-state index contributed by atoms with van der Waals surface area (Å²) >= 11 is 0. The summed E-state index contributed by atoms with van der Waals surface area (Å²) in [6, 6.07) is 2.04. The highest BCUT2D eigenvalue weighted by molar-refractivity contribution is 5.75. The third-order valence-corrected chi connectivity index (χ3v) is 3.01. The summed E-state index contributed by atoms with van der Waals surface area (Å²) in [7, 11) is 0. The highest BCUT2D eigenvalue weighted by atomic mass is 16.6. The van der Waals surface area contributed by atoms with Gasteiger partial charge in [0.05, 0.1) is 5.35 Å². The topological polar surface area (TPSA) is 46.8 Å². The zero-order valence-electron chi connectivity index (χ0n) is 11.8. The molecule has 0 unspecified atom stereocenters. The number of aromatic nitrogens is 1. The second-order valence-electron chi connectivity index (χ2n) is 5.82.